The van der Waals surface area contributed by atoms with Crippen LogP contribution in [0.15, 0.2) is 30.3 Å². The lowest BCUT2D eigenvalue weighted by Gasteiger charge is -2.19. The van der Waals surface area contributed by atoms with Crippen LogP contribution < -0.4 is 0 Å². The number of carbonyl (C=O) groups excluding carboxylic acids is 1. The highest BCUT2D eigenvalue weighted by atomic mass is 16.5. The number of hydrogen-bond acceptors (Lipinski definition) is 3. The molecule has 1 aromatic carbocycles. The number of aliphatic hydroxyl groups excluding tert-OH is 1. The van der Waals surface area contributed by atoms with E-state index < -0.39 is 12.1 Å². The maximum atomic E-state index is 11.4. The van der Waals surface area contributed by atoms with Gasteiger partial charge in [-0.15, -0.1) is 0 Å². The zero-order chi connectivity index (χ0) is 13.0. The zero-order valence-corrected chi connectivity index (χ0v) is 10.6. The molecule has 96 valence electrons. The van der Waals surface area contributed by atoms with Crippen molar-refractivity contribution in [3.63, 3.8) is 0 Å². The van der Waals surface area contributed by atoms with Gasteiger partial charge in [0, 0.05) is 6.42 Å². The third-order valence-electron chi connectivity index (χ3n) is 3.14. The summed E-state index contributed by atoms with van der Waals surface area (Å²) in [4.78, 5) is 11.4. The maximum Gasteiger partial charge on any atom is 0.335 e. The second kappa shape index (κ2) is 5.83. The number of allylic oxidation sites excluding steroid dienone is 1. The molecule has 3 heteroatoms. The minimum absolute atomic E-state index is 0.297. The fourth-order valence-corrected chi connectivity index (χ4v) is 2.29. The standard InChI is InChI=1S/C15H18O3/c1-2-18-15(17)14(16)10-12-8-5-7-11-6-3-4-9-13(11)12/h3-4,6,8-9,14,16H,2,5,7,10H2,1H3. The molecule has 0 fully saturated rings. The van der Waals surface area contributed by atoms with Crippen molar-refractivity contribution in [3.05, 3.63) is 41.5 Å². The number of aliphatic hydroxyl groups is 1. The minimum Gasteiger partial charge on any atom is -0.464 e. The van der Waals surface area contributed by atoms with Gasteiger partial charge in [0.05, 0.1) is 6.61 Å². The molecule has 0 heterocycles. The Balaban J connectivity index is 2.10. The molecule has 18 heavy (non-hydrogen) atoms. The van der Waals surface area contributed by atoms with Crippen molar-refractivity contribution in [3.8, 4) is 0 Å². The summed E-state index contributed by atoms with van der Waals surface area (Å²) >= 11 is 0. The molecular weight excluding hydrogens is 228 g/mol. The first-order chi connectivity index (χ1) is 8.72. The molecule has 2 rings (SSSR count). The quantitative estimate of drug-likeness (QED) is 0.829. The summed E-state index contributed by atoms with van der Waals surface area (Å²) in [6.45, 7) is 2.03. The molecule has 0 saturated heterocycles. The Morgan fingerprint density at radius 3 is 3.00 bits per heavy atom. The molecule has 0 aliphatic heterocycles. The Morgan fingerprint density at radius 1 is 1.44 bits per heavy atom. The van der Waals surface area contributed by atoms with Crippen LogP contribution in [0.5, 0.6) is 0 Å². The second-order valence-corrected chi connectivity index (χ2v) is 4.40. The molecule has 0 amide bonds. The average Bonchev–Trinajstić information content (AvgIpc) is 2.39. The first-order valence-electron chi connectivity index (χ1n) is 6.34. The first-order valence-corrected chi connectivity index (χ1v) is 6.34. The van der Waals surface area contributed by atoms with Crippen molar-refractivity contribution < 1.29 is 14.6 Å². The number of benzene rings is 1. The summed E-state index contributed by atoms with van der Waals surface area (Å²) in [5.41, 5.74) is 3.47. The van der Waals surface area contributed by atoms with E-state index in [4.69, 9.17) is 4.74 Å². The SMILES string of the molecule is CCOC(=O)C(O)CC1=CCCc2ccccc21. The van der Waals surface area contributed by atoms with Gasteiger partial charge in [0.25, 0.3) is 0 Å². The van der Waals surface area contributed by atoms with E-state index in [1.54, 1.807) is 6.92 Å². The van der Waals surface area contributed by atoms with Gasteiger partial charge in [-0.2, -0.15) is 0 Å². The molecule has 1 aromatic rings. The topological polar surface area (TPSA) is 46.5 Å². The first kappa shape index (κ1) is 12.8. The van der Waals surface area contributed by atoms with Crippen LogP contribution in [0.2, 0.25) is 0 Å². The molecule has 0 aromatic heterocycles. The van der Waals surface area contributed by atoms with Crippen LogP contribution in [0.4, 0.5) is 0 Å². The third-order valence-corrected chi connectivity index (χ3v) is 3.14. The van der Waals surface area contributed by atoms with Gasteiger partial charge in [-0.05, 0) is 36.5 Å². The predicted octanol–water partition coefficient (Wildman–Crippen LogP) is 2.33. The van der Waals surface area contributed by atoms with Crippen molar-refractivity contribution in [1.29, 1.82) is 0 Å². The fourth-order valence-electron chi connectivity index (χ4n) is 2.29. The van der Waals surface area contributed by atoms with Crippen molar-refractivity contribution >= 4 is 11.5 Å². The molecule has 1 aliphatic rings. The highest BCUT2D eigenvalue weighted by Crippen LogP contribution is 2.29. The van der Waals surface area contributed by atoms with Crippen LogP contribution in [0.3, 0.4) is 0 Å². The number of rotatable bonds is 4. The number of carbonyl (C=O) groups is 1. The summed E-state index contributed by atoms with van der Waals surface area (Å²) in [5, 5.41) is 9.81. The van der Waals surface area contributed by atoms with Gasteiger partial charge in [-0.1, -0.05) is 30.3 Å². The number of aryl methyl sites for hydroxylation is 1. The normalized spacial score (nSPS) is 15.6. The van der Waals surface area contributed by atoms with Crippen LogP contribution in [0.25, 0.3) is 5.57 Å². The lowest BCUT2D eigenvalue weighted by atomic mass is 9.88. The average molecular weight is 246 g/mol. The number of fused-ring (bicyclic) bond motifs is 1. The lowest BCUT2D eigenvalue weighted by Crippen LogP contribution is -2.23. The molecule has 0 bridgehead atoms. The summed E-state index contributed by atoms with van der Waals surface area (Å²) in [6, 6.07) is 8.13. The molecule has 1 unspecified atom stereocenters. The maximum absolute atomic E-state index is 11.4. The van der Waals surface area contributed by atoms with Crippen molar-refractivity contribution in [2.24, 2.45) is 0 Å². The molecular formula is C15H18O3. The van der Waals surface area contributed by atoms with E-state index in [1.165, 1.54) is 5.56 Å². The summed E-state index contributed by atoms with van der Waals surface area (Å²) in [5.74, 6) is -0.540. The molecule has 0 spiro atoms. The summed E-state index contributed by atoms with van der Waals surface area (Å²) in [6.07, 6.45) is 3.35. The number of esters is 1. The Bertz CT molecular complexity index is 463. The minimum atomic E-state index is -1.07. The van der Waals surface area contributed by atoms with Gasteiger partial charge in [0.15, 0.2) is 6.10 Å². The summed E-state index contributed by atoms with van der Waals surface area (Å²) < 4.78 is 4.82. The van der Waals surface area contributed by atoms with Crippen LogP contribution in [-0.2, 0) is 16.0 Å². The van der Waals surface area contributed by atoms with Gasteiger partial charge < -0.3 is 9.84 Å². The summed E-state index contributed by atoms with van der Waals surface area (Å²) in [7, 11) is 0. The Labute approximate surface area is 107 Å². The smallest absolute Gasteiger partial charge is 0.335 e. The lowest BCUT2D eigenvalue weighted by molar-refractivity contribution is -0.152. The van der Waals surface area contributed by atoms with Crippen LogP contribution in [0, 0.1) is 0 Å². The van der Waals surface area contributed by atoms with Crippen molar-refractivity contribution in [2.75, 3.05) is 6.61 Å². The zero-order valence-electron chi connectivity index (χ0n) is 10.6. The number of ether oxygens (including phenoxy) is 1. The van der Waals surface area contributed by atoms with E-state index >= 15 is 0 Å². The van der Waals surface area contributed by atoms with Crippen molar-refractivity contribution in [2.45, 2.75) is 32.3 Å². The highest BCUT2D eigenvalue weighted by molar-refractivity contribution is 5.79. The van der Waals surface area contributed by atoms with Gasteiger partial charge in [0.2, 0.25) is 0 Å². The van der Waals surface area contributed by atoms with Gasteiger partial charge in [-0.3, -0.25) is 0 Å². The number of hydrogen-bond donors (Lipinski definition) is 1. The van der Waals surface area contributed by atoms with Crippen molar-refractivity contribution in [1.82, 2.24) is 0 Å². The van der Waals surface area contributed by atoms with E-state index in [0.717, 1.165) is 24.0 Å². The van der Waals surface area contributed by atoms with E-state index in [9.17, 15) is 9.90 Å². The van der Waals surface area contributed by atoms with Crippen LogP contribution >= 0.6 is 0 Å². The molecule has 3 nitrogen and oxygen atoms in total. The molecule has 1 aliphatic carbocycles. The monoisotopic (exact) mass is 246 g/mol. The highest BCUT2D eigenvalue weighted by Gasteiger charge is 2.21. The van der Waals surface area contributed by atoms with E-state index in [-0.39, 0.29) is 0 Å². The Hall–Kier alpha value is -1.61. The molecule has 0 radical (unpaired) electrons. The third kappa shape index (κ3) is 2.79. The van der Waals surface area contributed by atoms with Crippen LogP contribution in [-0.4, -0.2) is 23.8 Å². The van der Waals surface area contributed by atoms with E-state index in [0.29, 0.717) is 13.0 Å². The van der Waals surface area contributed by atoms with Crippen LogP contribution in [0.1, 0.15) is 30.9 Å². The molecule has 0 saturated carbocycles. The Kier molecular flexibility index (Phi) is 4.15. The molecule has 1 N–H and O–H groups in total. The van der Waals surface area contributed by atoms with E-state index in [1.807, 2.05) is 18.2 Å². The van der Waals surface area contributed by atoms with Gasteiger partial charge in [-0.25, -0.2) is 4.79 Å². The fraction of sp³-hybridized carbons (Fsp3) is 0.400. The van der Waals surface area contributed by atoms with Gasteiger partial charge >= 0.3 is 5.97 Å². The largest absolute Gasteiger partial charge is 0.464 e. The van der Waals surface area contributed by atoms with Gasteiger partial charge in [0.1, 0.15) is 0 Å². The predicted molar refractivity (Wildman–Crippen MR) is 70.0 cm³/mol. The molecule has 1 atom stereocenters. The second-order valence-electron chi connectivity index (χ2n) is 4.40. The Morgan fingerprint density at radius 2 is 2.22 bits per heavy atom. The van der Waals surface area contributed by atoms with E-state index in [2.05, 4.69) is 12.1 Å².